The number of Topliss-reactive ketones (excluding diaryl/α,β-unsaturated/α-hetero) is 1. The summed E-state index contributed by atoms with van der Waals surface area (Å²) in [6.45, 7) is 5.24. The van der Waals surface area contributed by atoms with Crippen LogP contribution in [0.4, 0.5) is 0 Å². The molecule has 0 heterocycles. The maximum absolute atomic E-state index is 11.1. The molecule has 0 saturated carbocycles. The van der Waals surface area contributed by atoms with Gasteiger partial charge in [0.15, 0.2) is 0 Å². The molecule has 0 saturated heterocycles. The van der Waals surface area contributed by atoms with Crippen LogP contribution in [0.15, 0.2) is 0 Å². The third-order valence-corrected chi connectivity index (χ3v) is 2.53. The fourth-order valence-corrected chi connectivity index (χ4v) is 1.49. The summed E-state index contributed by atoms with van der Waals surface area (Å²) in [6.07, 6.45) is 3.63. The molecule has 0 spiro atoms. The molecule has 0 amide bonds. The van der Waals surface area contributed by atoms with E-state index in [-0.39, 0.29) is 0 Å². The van der Waals surface area contributed by atoms with Gasteiger partial charge in [-0.25, -0.2) is 0 Å². The topological polar surface area (TPSA) is 23.6 Å². The molecule has 0 aliphatic rings. The van der Waals surface area contributed by atoms with E-state index in [1.165, 1.54) is 6.42 Å². The lowest BCUT2D eigenvalue weighted by Crippen LogP contribution is -2.25. The highest BCUT2D eigenvalue weighted by Gasteiger charge is 2.01. The number of rotatable bonds is 9. The van der Waals surface area contributed by atoms with Crippen molar-refractivity contribution in [2.75, 3.05) is 40.8 Å². The maximum Gasteiger partial charge on any atom is 0.132 e. The lowest BCUT2D eigenvalue weighted by atomic mass is 10.2. The summed E-state index contributed by atoms with van der Waals surface area (Å²) >= 11 is 0. The molecule has 0 N–H and O–H groups in total. The van der Waals surface area contributed by atoms with Crippen molar-refractivity contribution in [2.45, 2.75) is 32.6 Å². The summed E-state index contributed by atoms with van der Waals surface area (Å²) in [7, 11) is 6.33. The second kappa shape index (κ2) is 8.86. The fourth-order valence-electron chi connectivity index (χ4n) is 1.49. The van der Waals surface area contributed by atoms with Crippen LogP contribution in [-0.2, 0) is 4.79 Å². The molecule has 0 aliphatic carbocycles. The molecule has 3 heteroatoms. The zero-order valence-corrected chi connectivity index (χ0v) is 10.8. The minimum atomic E-state index is 0.386. The van der Waals surface area contributed by atoms with E-state index in [4.69, 9.17) is 0 Å². The van der Waals surface area contributed by atoms with Crippen molar-refractivity contribution in [3.63, 3.8) is 0 Å². The van der Waals surface area contributed by atoms with Gasteiger partial charge in [0.1, 0.15) is 5.78 Å². The zero-order chi connectivity index (χ0) is 11.7. The Morgan fingerprint density at radius 3 is 2.13 bits per heavy atom. The van der Waals surface area contributed by atoms with Gasteiger partial charge in [0.05, 0.1) is 0 Å². The van der Waals surface area contributed by atoms with Gasteiger partial charge in [-0.3, -0.25) is 4.79 Å². The molecule has 0 bridgehead atoms. The van der Waals surface area contributed by atoms with Crippen LogP contribution in [0.1, 0.15) is 32.6 Å². The van der Waals surface area contributed by atoms with E-state index in [1.807, 2.05) is 6.92 Å². The van der Waals surface area contributed by atoms with Crippen LogP contribution in [0.3, 0.4) is 0 Å². The second-order valence-corrected chi connectivity index (χ2v) is 4.46. The van der Waals surface area contributed by atoms with Crippen LogP contribution in [0.2, 0.25) is 0 Å². The van der Waals surface area contributed by atoms with Crippen LogP contribution < -0.4 is 0 Å². The molecular weight excluding hydrogens is 188 g/mol. The minimum Gasteiger partial charge on any atom is -0.309 e. The van der Waals surface area contributed by atoms with E-state index in [0.717, 1.165) is 32.5 Å². The highest BCUT2D eigenvalue weighted by molar-refractivity contribution is 5.77. The SMILES string of the molecule is CCC(=O)CCCN(C)CCCN(C)C. The molecule has 0 rings (SSSR count). The molecule has 0 atom stereocenters. The van der Waals surface area contributed by atoms with E-state index in [1.54, 1.807) is 0 Å². The molecule has 0 aromatic rings. The second-order valence-electron chi connectivity index (χ2n) is 4.46. The van der Waals surface area contributed by atoms with Gasteiger partial charge in [0.2, 0.25) is 0 Å². The molecule has 0 aromatic heterocycles. The molecule has 0 aromatic carbocycles. The van der Waals surface area contributed by atoms with Gasteiger partial charge in [-0.1, -0.05) is 6.92 Å². The number of ketones is 1. The van der Waals surface area contributed by atoms with Crippen molar-refractivity contribution in [3.05, 3.63) is 0 Å². The van der Waals surface area contributed by atoms with Gasteiger partial charge >= 0.3 is 0 Å². The Morgan fingerprint density at radius 1 is 1.00 bits per heavy atom. The molecule has 15 heavy (non-hydrogen) atoms. The Morgan fingerprint density at radius 2 is 1.60 bits per heavy atom. The monoisotopic (exact) mass is 214 g/mol. The molecule has 3 nitrogen and oxygen atoms in total. The van der Waals surface area contributed by atoms with Crippen molar-refractivity contribution in [3.8, 4) is 0 Å². The number of hydrogen-bond acceptors (Lipinski definition) is 3. The van der Waals surface area contributed by atoms with Crippen LogP contribution in [0.5, 0.6) is 0 Å². The summed E-state index contributed by atoms with van der Waals surface area (Å²) in [6, 6.07) is 0. The summed E-state index contributed by atoms with van der Waals surface area (Å²) < 4.78 is 0. The molecular formula is C12H26N2O. The van der Waals surface area contributed by atoms with Gasteiger partial charge in [-0.15, -0.1) is 0 Å². The summed E-state index contributed by atoms with van der Waals surface area (Å²) in [4.78, 5) is 15.6. The highest BCUT2D eigenvalue weighted by Crippen LogP contribution is 1.97. The van der Waals surface area contributed by atoms with Gasteiger partial charge < -0.3 is 9.80 Å². The minimum absolute atomic E-state index is 0.386. The number of carbonyl (C=O) groups is 1. The first-order valence-corrected chi connectivity index (χ1v) is 5.91. The lowest BCUT2D eigenvalue weighted by Gasteiger charge is -2.17. The largest absolute Gasteiger partial charge is 0.309 e. The van der Waals surface area contributed by atoms with Gasteiger partial charge in [-0.05, 0) is 53.6 Å². The summed E-state index contributed by atoms with van der Waals surface area (Å²) in [5.74, 6) is 0.386. The maximum atomic E-state index is 11.1. The quantitative estimate of drug-likeness (QED) is 0.583. The molecule has 0 fully saturated rings. The Labute approximate surface area is 94.4 Å². The fraction of sp³-hybridized carbons (Fsp3) is 0.917. The van der Waals surface area contributed by atoms with Crippen LogP contribution in [-0.4, -0.2) is 56.4 Å². The van der Waals surface area contributed by atoms with Crippen molar-refractivity contribution in [2.24, 2.45) is 0 Å². The molecule has 90 valence electrons. The van der Waals surface area contributed by atoms with Crippen LogP contribution in [0.25, 0.3) is 0 Å². The molecule has 0 aliphatic heterocycles. The molecule has 0 radical (unpaired) electrons. The first-order valence-electron chi connectivity index (χ1n) is 5.91. The number of hydrogen-bond donors (Lipinski definition) is 0. The lowest BCUT2D eigenvalue weighted by molar-refractivity contribution is -0.118. The van der Waals surface area contributed by atoms with Gasteiger partial charge in [0, 0.05) is 12.8 Å². The highest BCUT2D eigenvalue weighted by atomic mass is 16.1. The number of carbonyl (C=O) groups excluding carboxylic acids is 1. The smallest absolute Gasteiger partial charge is 0.132 e. The van der Waals surface area contributed by atoms with E-state index in [9.17, 15) is 4.79 Å². The van der Waals surface area contributed by atoms with Gasteiger partial charge in [0.25, 0.3) is 0 Å². The Balaban J connectivity index is 3.33. The normalized spacial score (nSPS) is 11.3. The summed E-state index contributed by atoms with van der Waals surface area (Å²) in [5, 5.41) is 0. The van der Waals surface area contributed by atoms with Crippen molar-refractivity contribution in [1.29, 1.82) is 0 Å². The van der Waals surface area contributed by atoms with E-state index >= 15 is 0 Å². The van der Waals surface area contributed by atoms with E-state index in [2.05, 4.69) is 30.9 Å². The standard InChI is InChI=1S/C12H26N2O/c1-5-12(15)8-6-10-14(4)11-7-9-13(2)3/h5-11H2,1-4H3. The van der Waals surface area contributed by atoms with Crippen molar-refractivity contribution in [1.82, 2.24) is 9.80 Å². The van der Waals surface area contributed by atoms with Gasteiger partial charge in [-0.2, -0.15) is 0 Å². The average Bonchev–Trinajstić information content (AvgIpc) is 2.17. The van der Waals surface area contributed by atoms with E-state index in [0.29, 0.717) is 12.2 Å². The van der Waals surface area contributed by atoms with Crippen LogP contribution >= 0.6 is 0 Å². The van der Waals surface area contributed by atoms with Crippen LogP contribution in [0, 0.1) is 0 Å². The summed E-state index contributed by atoms with van der Waals surface area (Å²) in [5.41, 5.74) is 0. The Bertz CT molecular complexity index is 169. The predicted octanol–water partition coefficient (Wildman–Crippen LogP) is 1.63. The first kappa shape index (κ1) is 14.6. The number of nitrogens with zero attached hydrogens (tertiary/aromatic N) is 2. The van der Waals surface area contributed by atoms with Crippen molar-refractivity contribution >= 4 is 5.78 Å². The molecule has 0 unspecified atom stereocenters. The zero-order valence-electron chi connectivity index (χ0n) is 10.8. The average molecular weight is 214 g/mol. The van der Waals surface area contributed by atoms with Crippen molar-refractivity contribution < 1.29 is 4.79 Å². The first-order chi connectivity index (χ1) is 7.06. The third kappa shape index (κ3) is 9.88. The predicted molar refractivity (Wildman–Crippen MR) is 65.2 cm³/mol. The third-order valence-electron chi connectivity index (χ3n) is 2.53. The van der Waals surface area contributed by atoms with E-state index < -0.39 is 0 Å². The Hall–Kier alpha value is -0.410. The Kier molecular flexibility index (Phi) is 8.62.